The Kier molecular flexibility index (Phi) is 5.40. The molecule has 9 heteroatoms. The SMILES string of the molecule is COc1ccc(S(=O)(=O)N(C)Cc2nc(-c3ccccc3)no2)cc1Br. The molecule has 0 saturated carbocycles. The molecule has 0 amide bonds. The Hall–Kier alpha value is -2.23. The summed E-state index contributed by atoms with van der Waals surface area (Å²) in [6.45, 7) is -0.0359. The summed E-state index contributed by atoms with van der Waals surface area (Å²) < 4.78 is 37.5. The van der Waals surface area contributed by atoms with Crippen LogP contribution in [0.4, 0.5) is 0 Å². The quantitative estimate of drug-likeness (QED) is 0.587. The zero-order valence-electron chi connectivity index (χ0n) is 14.1. The summed E-state index contributed by atoms with van der Waals surface area (Å²) in [5, 5.41) is 3.90. The number of halogens is 1. The first-order chi connectivity index (χ1) is 12.4. The van der Waals surface area contributed by atoms with Gasteiger partial charge in [-0.05, 0) is 34.1 Å². The predicted octanol–water partition coefficient (Wildman–Crippen LogP) is 3.33. The van der Waals surface area contributed by atoms with Gasteiger partial charge in [0.1, 0.15) is 5.75 Å². The van der Waals surface area contributed by atoms with Crippen molar-refractivity contribution in [1.82, 2.24) is 14.4 Å². The van der Waals surface area contributed by atoms with Crippen molar-refractivity contribution < 1.29 is 17.7 Å². The van der Waals surface area contributed by atoms with Gasteiger partial charge in [0.15, 0.2) is 0 Å². The fourth-order valence-corrected chi connectivity index (χ4v) is 4.13. The summed E-state index contributed by atoms with van der Waals surface area (Å²) in [5.74, 6) is 1.18. The molecule has 0 radical (unpaired) electrons. The van der Waals surface area contributed by atoms with E-state index in [1.165, 1.54) is 26.3 Å². The van der Waals surface area contributed by atoms with Crippen molar-refractivity contribution in [3.05, 3.63) is 58.9 Å². The van der Waals surface area contributed by atoms with E-state index in [1.807, 2.05) is 30.3 Å². The molecule has 0 atom stereocenters. The number of benzene rings is 2. The van der Waals surface area contributed by atoms with Crippen LogP contribution in [0.1, 0.15) is 5.89 Å². The molecule has 0 unspecified atom stereocenters. The Morgan fingerprint density at radius 2 is 1.92 bits per heavy atom. The third-order valence-electron chi connectivity index (χ3n) is 3.69. The normalized spacial score (nSPS) is 11.7. The number of hydrogen-bond donors (Lipinski definition) is 0. The third-order valence-corrected chi connectivity index (χ3v) is 6.11. The van der Waals surface area contributed by atoms with Gasteiger partial charge >= 0.3 is 0 Å². The molecule has 0 aliphatic carbocycles. The van der Waals surface area contributed by atoms with Crippen molar-refractivity contribution in [2.45, 2.75) is 11.4 Å². The number of hydrogen-bond acceptors (Lipinski definition) is 6. The molecule has 0 spiro atoms. The monoisotopic (exact) mass is 437 g/mol. The minimum Gasteiger partial charge on any atom is -0.496 e. The Morgan fingerprint density at radius 1 is 1.19 bits per heavy atom. The predicted molar refractivity (Wildman–Crippen MR) is 99.1 cm³/mol. The van der Waals surface area contributed by atoms with Crippen LogP contribution < -0.4 is 4.74 Å². The first kappa shape index (κ1) is 18.6. The molecule has 2 aromatic carbocycles. The molecule has 1 aromatic heterocycles. The molecular weight excluding hydrogens is 422 g/mol. The third kappa shape index (κ3) is 3.79. The van der Waals surface area contributed by atoms with Gasteiger partial charge in [-0.2, -0.15) is 9.29 Å². The lowest BCUT2D eigenvalue weighted by Gasteiger charge is -2.15. The number of methoxy groups -OCH3 is 1. The molecule has 0 fully saturated rings. The molecule has 136 valence electrons. The molecule has 26 heavy (non-hydrogen) atoms. The number of nitrogens with zero attached hydrogens (tertiary/aromatic N) is 3. The van der Waals surface area contributed by atoms with E-state index >= 15 is 0 Å². The molecular formula is C17H16BrN3O4S. The minimum absolute atomic E-state index is 0.0359. The largest absolute Gasteiger partial charge is 0.496 e. The summed E-state index contributed by atoms with van der Waals surface area (Å²) >= 11 is 3.30. The van der Waals surface area contributed by atoms with Crippen molar-refractivity contribution in [3.63, 3.8) is 0 Å². The van der Waals surface area contributed by atoms with Gasteiger partial charge in [0.25, 0.3) is 0 Å². The van der Waals surface area contributed by atoms with Gasteiger partial charge < -0.3 is 9.26 Å². The van der Waals surface area contributed by atoms with Gasteiger partial charge in [-0.3, -0.25) is 0 Å². The maximum Gasteiger partial charge on any atom is 0.243 e. The van der Waals surface area contributed by atoms with E-state index in [9.17, 15) is 8.42 Å². The zero-order chi connectivity index (χ0) is 18.7. The Labute approximate surface area is 159 Å². The average molecular weight is 438 g/mol. The first-order valence-electron chi connectivity index (χ1n) is 7.59. The Balaban J connectivity index is 1.80. The van der Waals surface area contributed by atoms with Crippen molar-refractivity contribution in [2.24, 2.45) is 0 Å². The zero-order valence-corrected chi connectivity index (χ0v) is 16.5. The standard InChI is InChI=1S/C17H16BrN3O4S/c1-21(26(22,23)13-8-9-15(24-2)14(18)10-13)11-16-19-17(20-25-16)12-6-4-3-5-7-12/h3-10H,11H2,1-2H3. The van der Waals surface area contributed by atoms with Crippen LogP contribution in [0.15, 0.2) is 62.4 Å². The van der Waals surface area contributed by atoms with Gasteiger partial charge in [0, 0.05) is 12.6 Å². The average Bonchev–Trinajstić information content (AvgIpc) is 3.11. The summed E-state index contributed by atoms with van der Waals surface area (Å²) in [5.41, 5.74) is 0.798. The summed E-state index contributed by atoms with van der Waals surface area (Å²) in [4.78, 5) is 4.39. The maximum atomic E-state index is 12.7. The topological polar surface area (TPSA) is 85.5 Å². The van der Waals surface area contributed by atoms with Crippen LogP contribution in [-0.2, 0) is 16.6 Å². The van der Waals surface area contributed by atoms with Gasteiger partial charge in [0.2, 0.25) is 21.7 Å². The molecule has 3 aromatic rings. The summed E-state index contributed by atoms with van der Waals surface area (Å²) in [6, 6.07) is 13.9. The van der Waals surface area contributed by atoms with E-state index in [-0.39, 0.29) is 17.3 Å². The number of rotatable bonds is 6. The van der Waals surface area contributed by atoms with Crippen LogP contribution in [0.5, 0.6) is 5.75 Å². The fraction of sp³-hybridized carbons (Fsp3) is 0.176. The van der Waals surface area contributed by atoms with Crippen molar-refractivity contribution in [2.75, 3.05) is 14.2 Å². The van der Waals surface area contributed by atoms with Gasteiger partial charge in [-0.25, -0.2) is 8.42 Å². The summed E-state index contributed by atoms with van der Waals surface area (Å²) in [7, 11) is -0.748. The second kappa shape index (κ2) is 7.56. The van der Waals surface area contributed by atoms with Crippen molar-refractivity contribution >= 4 is 26.0 Å². The highest BCUT2D eigenvalue weighted by atomic mass is 79.9. The number of ether oxygens (including phenoxy) is 1. The van der Waals surface area contributed by atoms with E-state index in [1.54, 1.807) is 6.07 Å². The smallest absolute Gasteiger partial charge is 0.243 e. The van der Waals surface area contributed by atoms with E-state index in [2.05, 4.69) is 26.1 Å². The molecule has 0 saturated heterocycles. The molecule has 0 aliphatic rings. The van der Waals surface area contributed by atoms with E-state index in [0.717, 1.165) is 9.87 Å². The first-order valence-corrected chi connectivity index (χ1v) is 9.83. The van der Waals surface area contributed by atoms with Crippen LogP contribution in [0.25, 0.3) is 11.4 Å². The van der Waals surface area contributed by atoms with Gasteiger partial charge in [-0.15, -0.1) is 0 Å². The summed E-state index contributed by atoms with van der Waals surface area (Å²) in [6.07, 6.45) is 0. The molecule has 0 aliphatic heterocycles. The molecule has 0 N–H and O–H groups in total. The minimum atomic E-state index is -3.72. The Morgan fingerprint density at radius 3 is 2.58 bits per heavy atom. The van der Waals surface area contributed by atoms with Gasteiger partial charge in [-0.1, -0.05) is 35.5 Å². The van der Waals surface area contributed by atoms with E-state index in [0.29, 0.717) is 16.0 Å². The Bertz CT molecular complexity index is 1010. The highest BCUT2D eigenvalue weighted by Gasteiger charge is 2.24. The molecule has 0 bridgehead atoms. The lowest BCUT2D eigenvalue weighted by molar-refractivity contribution is 0.336. The van der Waals surface area contributed by atoms with Crippen LogP contribution >= 0.6 is 15.9 Å². The van der Waals surface area contributed by atoms with Gasteiger partial charge in [0.05, 0.1) is 23.0 Å². The van der Waals surface area contributed by atoms with Crippen LogP contribution in [-0.4, -0.2) is 37.0 Å². The van der Waals surface area contributed by atoms with Crippen LogP contribution in [0, 0.1) is 0 Å². The highest BCUT2D eigenvalue weighted by molar-refractivity contribution is 9.10. The fourth-order valence-electron chi connectivity index (χ4n) is 2.29. The second-order valence-electron chi connectivity index (χ2n) is 5.44. The van der Waals surface area contributed by atoms with E-state index in [4.69, 9.17) is 9.26 Å². The lowest BCUT2D eigenvalue weighted by atomic mass is 10.2. The highest BCUT2D eigenvalue weighted by Crippen LogP contribution is 2.29. The lowest BCUT2D eigenvalue weighted by Crippen LogP contribution is -2.26. The van der Waals surface area contributed by atoms with Crippen LogP contribution in [0.3, 0.4) is 0 Å². The van der Waals surface area contributed by atoms with Crippen LogP contribution in [0.2, 0.25) is 0 Å². The molecule has 1 heterocycles. The number of sulfonamides is 1. The second-order valence-corrected chi connectivity index (χ2v) is 8.33. The molecule has 7 nitrogen and oxygen atoms in total. The molecule has 3 rings (SSSR count). The number of aromatic nitrogens is 2. The van der Waals surface area contributed by atoms with Crippen molar-refractivity contribution in [1.29, 1.82) is 0 Å². The van der Waals surface area contributed by atoms with E-state index < -0.39 is 10.0 Å². The van der Waals surface area contributed by atoms with Crippen molar-refractivity contribution in [3.8, 4) is 17.1 Å². The maximum absolute atomic E-state index is 12.7.